The molecule has 1 saturated carbocycles. The first kappa shape index (κ1) is 33.5. The summed E-state index contributed by atoms with van der Waals surface area (Å²) in [7, 11) is 3.21. The molecule has 42 heavy (non-hydrogen) atoms. The number of nitrogens with zero attached hydrogens (tertiary/aromatic N) is 2. The minimum absolute atomic E-state index is 0.0544. The lowest BCUT2D eigenvalue weighted by atomic mass is 9.88. The van der Waals surface area contributed by atoms with E-state index < -0.39 is 11.7 Å². The maximum atomic E-state index is 13.9. The zero-order valence-corrected chi connectivity index (χ0v) is 26.6. The molecule has 0 unspecified atom stereocenters. The Morgan fingerprint density at radius 2 is 1.76 bits per heavy atom. The molecule has 2 atom stereocenters. The van der Waals surface area contributed by atoms with Crippen LogP contribution in [-0.4, -0.2) is 93.0 Å². The van der Waals surface area contributed by atoms with Crippen molar-refractivity contribution in [2.75, 3.05) is 53.6 Å². The average molecular weight is 590 g/mol. The van der Waals surface area contributed by atoms with Gasteiger partial charge in [0.25, 0.3) is 5.91 Å². The van der Waals surface area contributed by atoms with E-state index in [2.05, 4.69) is 19.2 Å². The molecule has 2 aliphatic rings. The van der Waals surface area contributed by atoms with Crippen LogP contribution in [0.5, 0.6) is 11.5 Å². The van der Waals surface area contributed by atoms with Crippen LogP contribution in [-0.2, 0) is 14.3 Å². The third kappa shape index (κ3) is 10.7. The van der Waals surface area contributed by atoms with Crippen molar-refractivity contribution in [3.05, 3.63) is 23.8 Å². The predicted molar refractivity (Wildman–Crippen MR) is 161 cm³/mol. The van der Waals surface area contributed by atoms with Gasteiger partial charge >= 0.3 is 6.09 Å². The molecule has 10 heteroatoms. The summed E-state index contributed by atoms with van der Waals surface area (Å²) in [6.07, 6.45) is 3.64. The molecule has 1 heterocycles. The Hall–Kier alpha value is -3.01. The zero-order valence-electron chi connectivity index (χ0n) is 26.6. The van der Waals surface area contributed by atoms with Gasteiger partial charge in [0.05, 0.1) is 19.6 Å². The van der Waals surface area contributed by atoms with Gasteiger partial charge in [0.1, 0.15) is 17.1 Å². The second-order valence-corrected chi connectivity index (χ2v) is 12.9. The SMILES string of the molecule is COCCCOc1cc(OC)cc(C(=O)N(C[C@H]2C[C@H](C(=O)NCCC(C)C)CN(C(=O)OC(C)(C)C)C2)C2CC2)c1. The average Bonchev–Trinajstić information content (AvgIpc) is 3.77. The Labute approximate surface area is 251 Å². The molecule has 1 aliphatic carbocycles. The number of carbonyl (C=O) groups excluding carboxylic acids is 3. The van der Waals surface area contributed by atoms with E-state index in [1.807, 2.05) is 25.7 Å². The minimum atomic E-state index is -0.648. The molecule has 10 nitrogen and oxygen atoms in total. The summed E-state index contributed by atoms with van der Waals surface area (Å²) in [4.78, 5) is 43.8. The van der Waals surface area contributed by atoms with E-state index >= 15 is 0 Å². The topological polar surface area (TPSA) is 107 Å². The third-order valence-corrected chi connectivity index (χ3v) is 7.41. The standard InChI is InChI=1S/C32H51N3O7/c1-22(2)11-12-33-29(36)25-15-23(19-34(21-25)31(38)42-32(3,4)5)20-35(26-9-10-26)30(37)24-16-27(40-7)18-28(17-24)41-14-8-13-39-6/h16-18,22-23,25-26H,8-15,19-21H2,1-7H3,(H,33,36)/t23-,25-/m0/s1. The maximum Gasteiger partial charge on any atom is 0.410 e. The van der Waals surface area contributed by atoms with Crippen molar-refractivity contribution < 1.29 is 33.3 Å². The van der Waals surface area contributed by atoms with Crippen molar-refractivity contribution in [1.82, 2.24) is 15.1 Å². The molecule has 0 spiro atoms. The molecule has 0 aromatic heterocycles. The van der Waals surface area contributed by atoms with Crippen LogP contribution in [0.2, 0.25) is 0 Å². The first-order valence-corrected chi connectivity index (χ1v) is 15.3. The van der Waals surface area contributed by atoms with Crippen molar-refractivity contribution in [3.8, 4) is 11.5 Å². The van der Waals surface area contributed by atoms with Crippen molar-refractivity contribution in [2.24, 2.45) is 17.8 Å². The van der Waals surface area contributed by atoms with E-state index in [0.717, 1.165) is 25.7 Å². The summed E-state index contributed by atoms with van der Waals surface area (Å²) >= 11 is 0. The van der Waals surface area contributed by atoms with Crippen LogP contribution in [0.3, 0.4) is 0 Å². The van der Waals surface area contributed by atoms with Crippen molar-refractivity contribution in [2.45, 2.75) is 78.4 Å². The fourth-order valence-corrected chi connectivity index (χ4v) is 5.15. The van der Waals surface area contributed by atoms with Gasteiger partial charge in [-0.15, -0.1) is 0 Å². The van der Waals surface area contributed by atoms with E-state index in [1.165, 1.54) is 0 Å². The van der Waals surface area contributed by atoms with Crippen LogP contribution in [0.15, 0.2) is 18.2 Å². The number of hydrogen-bond donors (Lipinski definition) is 1. The maximum absolute atomic E-state index is 13.9. The molecular formula is C32H51N3O7. The molecular weight excluding hydrogens is 538 g/mol. The number of carbonyl (C=O) groups is 3. The van der Waals surface area contributed by atoms with Gasteiger partial charge in [-0.3, -0.25) is 9.59 Å². The second kappa shape index (κ2) is 15.5. The Morgan fingerprint density at radius 3 is 2.38 bits per heavy atom. The number of amides is 3. The molecule has 3 rings (SSSR count). The molecule has 1 N–H and O–H groups in total. The first-order chi connectivity index (χ1) is 19.9. The highest BCUT2D eigenvalue weighted by molar-refractivity contribution is 5.95. The number of rotatable bonds is 14. The van der Waals surface area contributed by atoms with Crippen LogP contribution < -0.4 is 14.8 Å². The lowest BCUT2D eigenvalue weighted by molar-refractivity contribution is -0.127. The summed E-state index contributed by atoms with van der Waals surface area (Å²) in [6, 6.07) is 5.39. The highest BCUT2D eigenvalue weighted by Gasteiger charge is 2.40. The Morgan fingerprint density at radius 1 is 1.05 bits per heavy atom. The molecule has 236 valence electrons. The number of benzene rings is 1. The first-order valence-electron chi connectivity index (χ1n) is 15.3. The van der Waals surface area contributed by atoms with Gasteiger partial charge < -0.3 is 34.1 Å². The highest BCUT2D eigenvalue weighted by Crippen LogP contribution is 2.33. The van der Waals surface area contributed by atoms with Crippen LogP contribution in [0, 0.1) is 17.8 Å². The molecule has 0 radical (unpaired) electrons. The number of likely N-dealkylation sites (tertiary alicyclic amines) is 1. The molecule has 1 saturated heterocycles. The Bertz CT molecular complexity index is 1050. The highest BCUT2D eigenvalue weighted by atomic mass is 16.6. The predicted octanol–water partition coefficient (Wildman–Crippen LogP) is 4.75. The molecule has 0 bridgehead atoms. The number of methoxy groups -OCH3 is 2. The van der Waals surface area contributed by atoms with Crippen molar-refractivity contribution >= 4 is 17.9 Å². The van der Waals surface area contributed by atoms with Gasteiger partial charge in [-0.2, -0.15) is 0 Å². The van der Waals surface area contributed by atoms with E-state index in [9.17, 15) is 14.4 Å². The largest absolute Gasteiger partial charge is 0.497 e. The molecule has 1 aromatic rings. The third-order valence-electron chi connectivity index (χ3n) is 7.41. The van der Waals surface area contributed by atoms with Crippen LogP contribution >= 0.6 is 0 Å². The van der Waals surface area contributed by atoms with Gasteiger partial charge in [-0.1, -0.05) is 13.8 Å². The second-order valence-electron chi connectivity index (χ2n) is 12.9. The van der Waals surface area contributed by atoms with E-state index in [1.54, 1.807) is 37.3 Å². The molecule has 2 fully saturated rings. The smallest absolute Gasteiger partial charge is 0.410 e. The minimum Gasteiger partial charge on any atom is -0.497 e. The lowest BCUT2D eigenvalue weighted by Gasteiger charge is -2.39. The molecule has 3 amide bonds. The van der Waals surface area contributed by atoms with Crippen LogP contribution in [0.25, 0.3) is 0 Å². The van der Waals surface area contributed by atoms with Gasteiger partial charge in [-0.25, -0.2) is 4.79 Å². The van der Waals surface area contributed by atoms with Crippen molar-refractivity contribution in [1.29, 1.82) is 0 Å². The van der Waals surface area contributed by atoms with Gasteiger partial charge in [0, 0.05) is 64.0 Å². The summed E-state index contributed by atoms with van der Waals surface area (Å²) in [5.41, 5.74) is -0.157. The summed E-state index contributed by atoms with van der Waals surface area (Å²) in [5.74, 6) is 0.984. The normalized spacial score (nSPS) is 18.9. The molecule has 1 aliphatic heterocycles. The van der Waals surface area contributed by atoms with E-state index in [4.69, 9.17) is 18.9 Å². The van der Waals surface area contributed by atoms with Gasteiger partial charge in [0.15, 0.2) is 0 Å². The Balaban J connectivity index is 1.78. The van der Waals surface area contributed by atoms with E-state index in [-0.39, 0.29) is 29.7 Å². The quantitative estimate of drug-likeness (QED) is 0.312. The van der Waals surface area contributed by atoms with Crippen molar-refractivity contribution in [3.63, 3.8) is 0 Å². The summed E-state index contributed by atoms with van der Waals surface area (Å²) in [6.45, 7) is 12.6. The van der Waals surface area contributed by atoms with Crippen LogP contribution in [0.1, 0.15) is 77.1 Å². The number of nitrogens with one attached hydrogen (secondary N) is 1. The number of hydrogen-bond acceptors (Lipinski definition) is 7. The van der Waals surface area contributed by atoms with E-state index in [0.29, 0.717) is 68.8 Å². The summed E-state index contributed by atoms with van der Waals surface area (Å²) < 4.78 is 22.1. The fourth-order valence-electron chi connectivity index (χ4n) is 5.15. The van der Waals surface area contributed by atoms with Crippen LogP contribution in [0.4, 0.5) is 4.79 Å². The lowest BCUT2D eigenvalue weighted by Crippen LogP contribution is -2.52. The number of ether oxygens (including phenoxy) is 4. The summed E-state index contributed by atoms with van der Waals surface area (Å²) in [5, 5.41) is 3.06. The zero-order chi connectivity index (χ0) is 30.9. The monoisotopic (exact) mass is 589 g/mol. The number of piperidine rings is 1. The van der Waals surface area contributed by atoms with Gasteiger partial charge in [-0.05, 0) is 70.4 Å². The van der Waals surface area contributed by atoms with Gasteiger partial charge in [0.2, 0.25) is 5.91 Å². The fraction of sp³-hybridized carbons (Fsp3) is 0.719. The Kier molecular flexibility index (Phi) is 12.3. The molecule has 1 aromatic carbocycles.